The van der Waals surface area contributed by atoms with Crippen molar-refractivity contribution >= 4 is 29.1 Å². The van der Waals surface area contributed by atoms with E-state index in [2.05, 4.69) is 19.2 Å². The number of nitrogens with one attached hydrogen (secondary N) is 1. The Morgan fingerprint density at radius 1 is 1.03 bits per heavy atom. The van der Waals surface area contributed by atoms with Gasteiger partial charge < -0.3 is 15.1 Å². The van der Waals surface area contributed by atoms with Crippen LogP contribution in [0.25, 0.3) is 0 Å². The predicted molar refractivity (Wildman–Crippen MR) is 118 cm³/mol. The van der Waals surface area contributed by atoms with Gasteiger partial charge in [-0.3, -0.25) is 4.79 Å². The molecule has 7 heteroatoms. The van der Waals surface area contributed by atoms with Crippen molar-refractivity contribution in [1.29, 1.82) is 0 Å². The lowest BCUT2D eigenvalue weighted by atomic mass is 9.96. The van der Waals surface area contributed by atoms with Crippen LogP contribution in [-0.4, -0.2) is 42.9 Å². The number of halogens is 2. The molecular formula is C23H27ClFN3O2. The van der Waals surface area contributed by atoms with Gasteiger partial charge in [0.2, 0.25) is 0 Å². The first-order chi connectivity index (χ1) is 14.3. The fraction of sp³-hybridized carbons (Fsp3) is 0.391. The maximum Gasteiger partial charge on any atom is 0.318 e. The highest BCUT2D eigenvalue weighted by atomic mass is 35.5. The number of amides is 2. The van der Waals surface area contributed by atoms with Crippen molar-refractivity contribution in [3.8, 4) is 0 Å². The van der Waals surface area contributed by atoms with Gasteiger partial charge in [-0.1, -0.05) is 37.6 Å². The van der Waals surface area contributed by atoms with Crippen molar-refractivity contribution in [3.63, 3.8) is 0 Å². The molecule has 3 rings (SSSR count). The topological polar surface area (TPSA) is 52.7 Å². The first-order valence-corrected chi connectivity index (χ1v) is 10.5. The first-order valence-electron chi connectivity index (χ1n) is 10.1. The predicted octanol–water partition coefficient (Wildman–Crippen LogP) is 4.91. The zero-order chi connectivity index (χ0) is 21.8. The van der Waals surface area contributed by atoms with E-state index < -0.39 is 5.82 Å². The largest absolute Gasteiger partial charge is 0.366 e. The van der Waals surface area contributed by atoms with Crippen LogP contribution in [0.5, 0.6) is 0 Å². The summed E-state index contributed by atoms with van der Waals surface area (Å²) in [6.45, 7) is 7.57. The van der Waals surface area contributed by atoms with E-state index in [1.807, 2.05) is 29.2 Å². The number of rotatable bonds is 5. The number of nitrogens with zero attached hydrogens (tertiary/aromatic N) is 2. The smallest absolute Gasteiger partial charge is 0.318 e. The number of hydrogen-bond acceptors (Lipinski definition) is 3. The van der Waals surface area contributed by atoms with Crippen LogP contribution in [0.2, 0.25) is 5.02 Å². The zero-order valence-corrected chi connectivity index (χ0v) is 18.2. The van der Waals surface area contributed by atoms with Gasteiger partial charge in [0.15, 0.2) is 5.78 Å². The van der Waals surface area contributed by atoms with Crippen LogP contribution in [-0.2, 0) is 0 Å². The van der Waals surface area contributed by atoms with Crippen molar-refractivity contribution in [2.24, 2.45) is 5.92 Å². The molecule has 2 aromatic rings. The second kappa shape index (κ2) is 9.47. The molecule has 1 heterocycles. The van der Waals surface area contributed by atoms with E-state index in [0.717, 1.165) is 5.56 Å². The van der Waals surface area contributed by atoms with Gasteiger partial charge in [-0.15, -0.1) is 0 Å². The lowest BCUT2D eigenvalue weighted by molar-refractivity contribution is 0.101. The molecule has 1 aliphatic heterocycles. The molecule has 1 saturated heterocycles. The molecule has 160 valence electrons. The third-order valence-corrected chi connectivity index (χ3v) is 5.69. The Morgan fingerprint density at radius 3 is 2.20 bits per heavy atom. The maximum absolute atomic E-state index is 14.4. The molecule has 0 spiro atoms. The number of carbonyl (C=O) groups excluding carboxylic acids is 2. The highest BCUT2D eigenvalue weighted by Gasteiger charge is 2.26. The molecule has 0 bridgehead atoms. The molecule has 1 N–H and O–H groups in total. The van der Waals surface area contributed by atoms with Crippen molar-refractivity contribution in [3.05, 3.63) is 64.4 Å². The minimum absolute atomic E-state index is 0.121. The number of hydrogen-bond donors (Lipinski definition) is 1. The van der Waals surface area contributed by atoms with Gasteiger partial charge >= 0.3 is 6.03 Å². The van der Waals surface area contributed by atoms with Crippen LogP contribution in [0.1, 0.15) is 42.7 Å². The summed E-state index contributed by atoms with van der Waals surface area (Å²) in [5.41, 5.74) is 1.83. The molecule has 2 aromatic carbocycles. The molecule has 1 fully saturated rings. The highest BCUT2D eigenvalue weighted by Crippen LogP contribution is 2.25. The summed E-state index contributed by atoms with van der Waals surface area (Å²) in [6, 6.07) is 11.8. The Bertz CT molecular complexity index is 909. The van der Waals surface area contributed by atoms with E-state index in [0.29, 0.717) is 42.5 Å². The Kier molecular flexibility index (Phi) is 6.98. The Hall–Kier alpha value is -2.60. The van der Waals surface area contributed by atoms with Crippen molar-refractivity contribution in [2.45, 2.75) is 26.8 Å². The molecule has 1 unspecified atom stereocenters. The number of Topliss-reactive ketones (excluding diaryl/α,β-unsaturated/α-hetero) is 1. The summed E-state index contributed by atoms with van der Waals surface area (Å²) in [5, 5.41) is 3.78. The van der Waals surface area contributed by atoms with Gasteiger partial charge in [0, 0.05) is 36.8 Å². The van der Waals surface area contributed by atoms with E-state index in [1.54, 1.807) is 17.0 Å². The summed E-state index contributed by atoms with van der Waals surface area (Å²) in [7, 11) is 0. The standard InChI is InChI=1S/C23H27ClFN3O2/c1-15(2)22(17-4-7-19(24)8-5-17)26-23(30)28-12-10-27(11-13-28)21-9-6-18(16(3)29)14-20(21)25/h4-9,14-15,22H,10-13H2,1-3H3,(H,26,30). The molecule has 1 atom stereocenters. The normalized spacial score (nSPS) is 15.3. The average molecular weight is 432 g/mol. The molecule has 1 aliphatic rings. The minimum atomic E-state index is -0.414. The van der Waals surface area contributed by atoms with Crippen LogP contribution in [0.15, 0.2) is 42.5 Å². The van der Waals surface area contributed by atoms with Gasteiger partial charge in [0.25, 0.3) is 0 Å². The molecule has 0 radical (unpaired) electrons. The van der Waals surface area contributed by atoms with E-state index in [1.165, 1.54) is 13.0 Å². The van der Waals surface area contributed by atoms with E-state index in [-0.39, 0.29) is 23.8 Å². The summed E-state index contributed by atoms with van der Waals surface area (Å²) < 4.78 is 14.4. The van der Waals surface area contributed by atoms with Crippen molar-refractivity contribution in [1.82, 2.24) is 10.2 Å². The molecule has 0 saturated carbocycles. The summed E-state index contributed by atoms with van der Waals surface area (Å²) in [5.74, 6) is -0.365. The Balaban J connectivity index is 1.62. The van der Waals surface area contributed by atoms with Gasteiger partial charge in [0.05, 0.1) is 11.7 Å². The number of benzene rings is 2. The van der Waals surface area contributed by atoms with Crippen LogP contribution >= 0.6 is 11.6 Å². The SMILES string of the molecule is CC(=O)c1ccc(N2CCN(C(=O)NC(c3ccc(Cl)cc3)C(C)C)CC2)c(F)c1. The lowest BCUT2D eigenvalue weighted by Gasteiger charge is -2.37. The first kappa shape index (κ1) is 22.1. The second-order valence-corrected chi connectivity index (χ2v) is 8.36. The third kappa shape index (κ3) is 5.11. The molecule has 0 aromatic heterocycles. The number of carbonyl (C=O) groups is 2. The summed E-state index contributed by atoms with van der Waals surface area (Å²) in [4.78, 5) is 27.9. The van der Waals surface area contributed by atoms with Crippen LogP contribution < -0.4 is 10.2 Å². The Labute approximate surface area is 181 Å². The second-order valence-electron chi connectivity index (χ2n) is 7.92. The lowest BCUT2D eigenvalue weighted by Crippen LogP contribution is -2.52. The van der Waals surface area contributed by atoms with Gasteiger partial charge in [-0.2, -0.15) is 0 Å². The molecular weight excluding hydrogens is 405 g/mol. The number of anilines is 1. The quantitative estimate of drug-likeness (QED) is 0.684. The Morgan fingerprint density at radius 2 is 1.67 bits per heavy atom. The molecule has 2 amide bonds. The van der Waals surface area contributed by atoms with Gasteiger partial charge in [-0.25, -0.2) is 9.18 Å². The average Bonchev–Trinajstić information content (AvgIpc) is 2.72. The van der Waals surface area contributed by atoms with Crippen molar-refractivity contribution < 1.29 is 14.0 Å². The van der Waals surface area contributed by atoms with Gasteiger partial charge in [0.1, 0.15) is 5.82 Å². The number of ketones is 1. The summed E-state index contributed by atoms with van der Waals surface area (Å²) in [6.07, 6.45) is 0. The summed E-state index contributed by atoms with van der Waals surface area (Å²) >= 11 is 5.98. The molecule has 5 nitrogen and oxygen atoms in total. The van der Waals surface area contributed by atoms with E-state index >= 15 is 0 Å². The van der Waals surface area contributed by atoms with E-state index in [4.69, 9.17) is 11.6 Å². The number of urea groups is 1. The van der Waals surface area contributed by atoms with Crippen LogP contribution in [0.4, 0.5) is 14.9 Å². The third-order valence-electron chi connectivity index (χ3n) is 5.44. The monoisotopic (exact) mass is 431 g/mol. The van der Waals surface area contributed by atoms with Crippen molar-refractivity contribution in [2.75, 3.05) is 31.1 Å². The zero-order valence-electron chi connectivity index (χ0n) is 17.5. The van der Waals surface area contributed by atoms with Gasteiger partial charge in [-0.05, 0) is 48.7 Å². The molecule has 30 heavy (non-hydrogen) atoms. The molecule has 0 aliphatic carbocycles. The highest BCUT2D eigenvalue weighted by molar-refractivity contribution is 6.30. The van der Waals surface area contributed by atoms with E-state index in [9.17, 15) is 14.0 Å². The number of piperazine rings is 1. The fourth-order valence-electron chi connectivity index (χ4n) is 3.66. The minimum Gasteiger partial charge on any atom is -0.366 e. The van der Waals surface area contributed by atoms with Crippen LogP contribution in [0.3, 0.4) is 0 Å². The maximum atomic E-state index is 14.4. The van der Waals surface area contributed by atoms with Crippen LogP contribution in [0, 0.1) is 11.7 Å². The fourth-order valence-corrected chi connectivity index (χ4v) is 3.79.